The molecule has 2 atom stereocenters. The van der Waals surface area contributed by atoms with E-state index in [4.69, 9.17) is 0 Å². The number of hydrogen-bond acceptors (Lipinski definition) is 4. The van der Waals surface area contributed by atoms with E-state index in [9.17, 15) is 9.59 Å². The molecule has 2 unspecified atom stereocenters. The van der Waals surface area contributed by atoms with Crippen LogP contribution < -0.4 is 20.9 Å². The van der Waals surface area contributed by atoms with Gasteiger partial charge in [-0.2, -0.15) is 0 Å². The molecule has 2 saturated heterocycles. The first-order valence-electron chi connectivity index (χ1n) is 10.7. The molecule has 6 heteroatoms. The maximum Gasteiger partial charge on any atom is 0.226 e. The van der Waals surface area contributed by atoms with Gasteiger partial charge in [-0.1, -0.05) is 6.07 Å². The van der Waals surface area contributed by atoms with Crippen molar-refractivity contribution in [2.24, 2.45) is 11.3 Å². The van der Waals surface area contributed by atoms with Gasteiger partial charge in [-0.05, 0) is 75.7 Å². The predicted molar refractivity (Wildman–Crippen MR) is 111 cm³/mol. The van der Waals surface area contributed by atoms with Crippen LogP contribution in [0.3, 0.4) is 0 Å². The minimum atomic E-state index is -0.159. The topological polar surface area (TPSA) is 73.5 Å². The Morgan fingerprint density at radius 1 is 1.25 bits per heavy atom. The second-order valence-corrected chi connectivity index (χ2v) is 8.78. The molecule has 2 heterocycles. The molecule has 1 spiro atoms. The van der Waals surface area contributed by atoms with Crippen LogP contribution in [0, 0.1) is 11.3 Å². The van der Waals surface area contributed by atoms with Gasteiger partial charge < -0.3 is 20.9 Å². The highest BCUT2D eigenvalue weighted by Gasteiger charge is 2.57. The van der Waals surface area contributed by atoms with Crippen molar-refractivity contribution in [2.75, 3.05) is 36.4 Å². The summed E-state index contributed by atoms with van der Waals surface area (Å²) in [5.74, 6) is 0.203. The molecule has 1 aromatic rings. The summed E-state index contributed by atoms with van der Waals surface area (Å²) in [5, 5.41) is 9.41. The molecule has 1 aromatic carbocycles. The molecule has 0 radical (unpaired) electrons. The minimum absolute atomic E-state index is 0.0567. The lowest BCUT2D eigenvalue weighted by Crippen LogP contribution is -2.39. The summed E-state index contributed by atoms with van der Waals surface area (Å²) in [6.07, 6.45) is 5.93. The van der Waals surface area contributed by atoms with Crippen molar-refractivity contribution in [3.8, 4) is 0 Å². The van der Waals surface area contributed by atoms with Crippen molar-refractivity contribution in [2.45, 2.75) is 51.5 Å². The molecule has 4 rings (SSSR count). The first-order chi connectivity index (χ1) is 13.6. The Morgan fingerprint density at radius 3 is 2.75 bits per heavy atom. The van der Waals surface area contributed by atoms with E-state index in [2.05, 4.69) is 26.9 Å². The number of benzene rings is 1. The smallest absolute Gasteiger partial charge is 0.226 e. The number of rotatable bonds is 6. The van der Waals surface area contributed by atoms with Crippen molar-refractivity contribution < 1.29 is 9.59 Å². The van der Waals surface area contributed by atoms with Gasteiger partial charge in [-0.3, -0.25) is 9.59 Å². The number of carbonyl (C=O) groups excluding carboxylic acids is 2. The van der Waals surface area contributed by atoms with Crippen LogP contribution in [0.25, 0.3) is 0 Å². The SMILES string of the molecule is CC(CC(=O)Nc1cccc(N2CCCC2)c1)NC(=O)C1CC12CCNCC2. The Kier molecular flexibility index (Phi) is 5.58. The lowest BCUT2D eigenvalue weighted by atomic mass is 9.91. The van der Waals surface area contributed by atoms with Crippen LogP contribution >= 0.6 is 0 Å². The molecule has 3 fully saturated rings. The summed E-state index contributed by atoms with van der Waals surface area (Å²) < 4.78 is 0. The number of amides is 2. The Morgan fingerprint density at radius 2 is 2.00 bits per heavy atom. The van der Waals surface area contributed by atoms with Gasteiger partial charge in [0.05, 0.1) is 0 Å². The van der Waals surface area contributed by atoms with Crippen LogP contribution in [0.1, 0.15) is 45.4 Å². The summed E-state index contributed by atoms with van der Waals surface area (Å²) in [6.45, 7) is 6.10. The van der Waals surface area contributed by atoms with Crippen molar-refractivity contribution in [3.05, 3.63) is 24.3 Å². The molecular formula is C22H32N4O2. The third-order valence-corrected chi connectivity index (χ3v) is 6.59. The van der Waals surface area contributed by atoms with Gasteiger partial charge in [0.25, 0.3) is 0 Å². The van der Waals surface area contributed by atoms with E-state index in [1.807, 2.05) is 25.1 Å². The highest BCUT2D eigenvalue weighted by Crippen LogP contribution is 2.58. The summed E-state index contributed by atoms with van der Waals surface area (Å²) in [5.41, 5.74) is 2.22. The van der Waals surface area contributed by atoms with Crippen LogP contribution in [0.4, 0.5) is 11.4 Å². The highest BCUT2D eigenvalue weighted by molar-refractivity contribution is 5.92. The van der Waals surface area contributed by atoms with Crippen LogP contribution in [-0.2, 0) is 9.59 Å². The molecule has 3 aliphatic rings. The number of carbonyl (C=O) groups is 2. The summed E-state index contributed by atoms with van der Waals surface area (Å²) in [6, 6.07) is 7.88. The normalized spacial score (nSPS) is 24.0. The van der Waals surface area contributed by atoms with Crippen molar-refractivity contribution in [1.82, 2.24) is 10.6 Å². The first-order valence-corrected chi connectivity index (χ1v) is 10.7. The molecule has 0 aromatic heterocycles. The lowest BCUT2D eigenvalue weighted by Gasteiger charge is -2.23. The van der Waals surface area contributed by atoms with Gasteiger partial charge in [0.15, 0.2) is 0 Å². The Bertz CT molecular complexity index is 723. The zero-order chi connectivity index (χ0) is 19.6. The largest absolute Gasteiger partial charge is 0.371 e. The standard InChI is InChI=1S/C22H32N4O2/c1-16(24-21(28)19-15-22(19)7-9-23-10-8-22)13-20(27)25-17-5-4-6-18(14-17)26-11-2-3-12-26/h4-6,14,16,19,23H,2-3,7-13,15H2,1H3,(H,24,28)(H,25,27). The van der Waals surface area contributed by atoms with Gasteiger partial charge in [-0.25, -0.2) is 0 Å². The molecule has 2 aliphatic heterocycles. The molecule has 6 nitrogen and oxygen atoms in total. The molecule has 152 valence electrons. The van der Waals surface area contributed by atoms with E-state index in [0.29, 0.717) is 6.42 Å². The fourth-order valence-corrected chi connectivity index (χ4v) is 4.84. The van der Waals surface area contributed by atoms with Gasteiger partial charge >= 0.3 is 0 Å². The fourth-order valence-electron chi connectivity index (χ4n) is 4.84. The molecule has 3 N–H and O–H groups in total. The minimum Gasteiger partial charge on any atom is -0.371 e. The van der Waals surface area contributed by atoms with Crippen LogP contribution in [0.15, 0.2) is 24.3 Å². The average molecular weight is 385 g/mol. The lowest BCUT2D eigenvalue weighted by molar-refractivity contribution is -0.124. The Labute approximate surface area is 167 Å². The molecule has 2 amide bonds. The molecule has 1 aliphatic carbocycles. The number of nitrogens with one attached hydrogen (secondary N) is 3. The first kappa shape index (κ1) is 19.2. The summed E-state index contributed by atoms with van der Waals surface area (Å²) in [4.78, 5) is 27.3. The fraction of sp³-hybridized carbons (Fsp3) is 0.636. The Balaban J connectivity index is 1.24. The number of anilines is 2. The maximum atomic E-state index is 12.6. The Hall–Kier alpha value is -2.08. The van der Waals surface area contributed by atoms with E-state index < -0.39 is 0 Å². The van der Waals surface area contributed by atoms with Crippen molar-refractivity contribution in [3.63, 3.8) is 0 Å². The number of piperidine rings is 1. The third-order valence-electron chi connectivity index (χ3n) is 6.59. The van der Waals surface area contributed by atoms with Crippen molar-refractivity contribution >= 4 is 23.2 Å². The van der Waals surface area contributed by atoms with E-state index in [1.54, 1.807) is 0 Å². The van der Waals surface area contributed by atoms with E-state index in [-0.39, 0.29) is 29.2 Å². The van der Waals surface area contributed by atoms with E-state index in [0.717, 1.165) is 56.8 Å². The highest BCUT2D eigenvalue weighted by atomic mass is 16.2. The van der Waals surface area contributed by atoms with Crippen LogP contribution in [0.2, 0.25) is 0 Å². The van der Waals surface area contributed by atoms with E-state index >= 15 is 0 Å². The maximum absolute atomic E-state index is 12.6. The second-order valence-electron chi connectivity index (χ2n) is 8.78. The molecule has 0 bridgehead atoms. The van der Waals surface area contributed by atoms with Gasteiger partial charge in [0, 0.05) is 42.8 Å². The molecule has 1 saturated carbocycles. The van der Waals surface area contributed by atoms with Gasteiger partial charge in [-0.15, -0.1) is 0 Å². The third kappa shape index (κ3) is 4.32. The average Bonchev–Trinajstić information content (AvgIpc) is 3.11. The van der Waals surface area contributed by atoms with E-state index in [1.165, 1.54) is 12.8 Å². The number of hydrogen-bond donors (Lipinski definition) is 3. The van der Waals surface area contributed by atoms with Gasteiger partial charge in [0.2, 0.25) is 11.8 Å². The zero-order valence-electron chi connectivity index (χ0n) is 16.8. The van der Waals surface area contributed by atoms with Crippen LogP contribution in [0.5, 0.6) is 0 Å². The second kappa shape index (κ2) is 8.11. The predicted octanol–water partition coefficient (Wildman–Crippen LogP) is 2.51. The molecular weight excluding hydrogens is 352 g/mol. The zero-order valence-corrected chi connectivity index (χ0v) is 16.8. The summed E-state index contributed by atoms with van der Waals surface area (Å²) in [7, 11) is 0. The van der Waals surface area contributed by atoms with Gasteiger partial charge in [0.1, 0.15) is 0 Å². The van der Waals surface area contributed by atoms with Crippen molar-refractivity contribution in [1.29, 1.82) is 0 Å². The monoisotopic (exact) mass is 384 g/mol. The molecule has 28 heavy (non-hydrogen) atoms. The summed E-state index contributed by atoms with van der Waals surface area (Å²) >= 11 is 0. The van der Waals surface area contributed by atoms with Crippen LogP contribution in [-0.4, -0.2) is 44.0 Å². The number of nitrogens with zero attached hydrogens (tertiary/aromatic N) is 1. The quantitative estimate of drug-likeness (QED) is 0.705.